The molecule has 1 aromatic carbocycles. The van der Waals surface area contributed by atoms with Crippen molar-refractivity contribution in [3.8, 4) is 0 Å². The zero-order valence-corrected chi connectivity index (χ0v) is 6.45. The largest absolute Gasteiger partial charge is 0.494 e. The Labute approximate surface area is 66.3 Å². The fourth-order valence-electron chi connectivity index (χ4n) is 1.34. The van der Waals surface area contributed by atoms with E-state index in [2.05, 4.69) is 19.1 Å². The third kappa shape index (κ3) is 1.03. The number of rotatable bonds is 0. The minimum absolute atomic E-state index is 0.205. The Morgan fingerprint density at radius 2 is 2.09 bits per heavy atom. The number of ether oxygens (including phenoxy) is 1. The van der Waals surface area contributed by atoms with Gasteiger partial charge in [-0.1, -0.05) is 24.3 Å². The summed E-state index contributed by atoms with van der Waals surface area (Å²) >= 11 is 0. The minimum Gasteiger partial charge on any atom is -0.494 e. The summed E-state index contributed by atoms with van der Waals surface area (Å²) < 4.78 is 5.32. The Morgan fingerprint density at radius 1 is 1.27 bits per heavy atom. The van der Waals surface area contributed by atoms with E-state index >= 15 is 0 Å². The topological polar surface area (TPSA) is 9.23 Å². The van der Waals surface area contributed by atoms with Crippen LogP contribution in [-0.2, 0) is 4.74 Å². The molecule has 0 spiro atoms. The second kappa shape index (κ2) is 2.42. The third-order valence-corrected chi connectivity index (χ3v) is 1.96. The molecule has 0 amide bonds. The van der Waals surface area contributed by atoms with Crippen molar-refractivity contribution in [2.24, 2.45) is 0 Å². The highest BCUT2D eigenvalue weighted by Crippen LogP contribution is 2.26. The molecule has 0 fully saturated rings. The van der Waals surface area contributed by atoms with E-state index < -0.39 is 0 Å². The highest BCUT2D eigenvalue weighted by atomic mass is 16.5. The molecular weight excluding hydrogens is 136 g/mol. The summed E-state index contributed by atoms with van der Waals surface area (Å²) in [6.07, 6.45) is 3.96. The van der Waals surface area contributed by atoms with Crippen molar-refractivity contribution in [2.75, 3.05) is 0 Å². The first kappa shape index (κ1) is 6.47. The summed E-state index contributed by atoms with van der Waals surface area (Å²) in [6, 6.07) is 8.29. The average Bonchev–Trinajstić information content (AvgIpc) is 2.06. The monoisotopic (exact) mass is 146 g/mol. The normalized spacial score (nSPS) is 20.6. The molecule has 11 heavy (non-hydrogen) atoms. The lowest BCUT2D eigenvalue weighted by atomic mass is 10.0. The van der Waals surface area contributed by atoms with E-state index in [1.807, 2.05) is 18.2 Å². The van der Waals surface area contributed by atoms with Gasteiger partial charge in [0.15, 0.2) is 0 Å². The summed E-state index contributed by atoms with van der Waals surface area (Å²) in [6.45, 7) is 2.06. The lowest BCUT2D eigenvalue weighted by Gasteiger charge is -2.18. The van der Waals surface area contributed by atoms with Crippen LogP contribution in [0.5, 0.6) is 0 Å². The van der Waals surface area contributed by atoms with Crippen molar-refractivity contribution in [3.63, 3.8) is 0 Å². The molecule has 0 saturated carbocycles. The van der Waals surface area contributed by atoms with E-state index in [-0.39, 0.29) is 6.10 Å². The fourth-order valence-corrected chi connectivity index (χ4v) is 1.34. The Hall–Kier alpha value is -1.24. The summed E-state index contributed by atoms with van der Waals surface area (Å²) in [7, 11) is 0. The summed E-state index contributed by atoms with van der Waals surface area (Å²) in [5.41, 5.74) is 2.54. The smallest absolute Gasteiger partial charge is 0.121 e. The van der Waals surface area contributed by atoms with Gasteiger partial charge in [-0.05, 0) is 24.1 Å². The lowest BCUT2D eigenvalue weighted by molar-refractivity contribution is 0.162. The van der Waals surface area contributed by atoms with Gasteiger partial charge in [0.25, 0.3) is 0 Å². The molecule has 56 valence electrons. The number of fused-ring (bicyclic) bond motifs is 1. The van der Waals surface area contributed by atoms with Crippen LogP contribution in [0, 0.1) is 0 Å². The predicted octanol–water partition coefficient (Wildman–Crippen LogP) is 2.75. The van der Waals surface area contributed by atoms with Crippen LogP contribution in [-0.4, -0.2) is 0 Å². The van der Waals surface area contributed by atoms with Crippen molar-refractivity contribution in [2.45, 2.75) is 13.0 Å². The standard InChI is InChI=1S/C10H10O/c1-8-10-5-3-2-4-9(10)6-7-11-8/h2-8H,1H3/t8-/m1/s1. The van der Waals surface area contributed by atoms with Gasteiger partial charge in [-0.3, -0.25) is 0 Å². The highest BCUT2D eigenvalue weighted by molar-refractivity contribution is 5.55. The molecule has 1 aliphatic heterocycles. The average molecular weight is 146 g/mol. The maximum atomic E-state index is 5.32. The minimum atomic E-state index is 0.205. The number of hydrogen-bond donors (Lipinski definition) is 0. The molecule has 0 bridgehead atoms. The first-order valence-electron chi connectivity index (χ1n) is 3.79. The molecule has 0 unspecified atom stereocenters. The molecule has 1 atom stereocenters. The van der Waals surface area contributed by atoms with Crippen LogP contribution in [0.1, 0.15) is 24.2 Å². The lowest BCUT2D eigenvalue weighted by Crippen LogP contribution is -2.01. The van der Waals surface area contributed by atoms with Crippen LogP contribution in [0.4, 0.5) is 0 Å². The molecule has 0 saturated heterocycles. The Balaban J connectivity index is 2.54. The summed E-state index contributed by atoms with van der Waals surface area (Å²) in [4.78, 5) is 0. The van der Waals surface area contributed by atoms with Crippen molar-refractivity contribution < 1.29 is 4.74 Å². The van der Waals surface area contributed by atoms with Gasteiger partial charge in [-0.25, -0.2) is 0 Å². The van der Waals surface area contributed by atoms with E-state index in [0.29, 0.717) is 0 Å². The van der Waals surface area contributed by atoms with Gasteiger partial charge >= 0.3 is 0 Å². The van der Waals surface area contributed by atoms with E-state index in [9.17, 15) is 0 Å². The van der Waals surface area contributed by atoms with Crippen molar-refractivity contribution in [1.82, 2.24) is 0 Å². The van der Waals surface area contributed by atoms with Gasteiger partial charge in [0.05, 0.1) is 6.26 Å². The van der Waals surface area contributed by atoms with Crippen LogP contribution in [0.25, 0.3) is 6.08 Å². The zero-order chi connectivity index (χ0) is 7.68. The van der Waals surface area contributed by atoms with Gasteiger partial charge in [-0.15, -0.1) is 0 Å². The molecule has 1 heterocycles. The van der Waals surface area contributed by atoms with Crippen molar-refractivity contribution >= 4 is 6.08 Å². The van der Waals surface area contributed by atoms with E-state index in [4.69, 9.17) is 4.74 Å². The quantitative estimate of drug-likeness (QED) is 0.546. The molecule has 0 N–H and O–H groups in total. The van der Waals surface area contributed by atoms with Crippen molar-refractivity contribution in [3.05, 3.63) is 41.7 Å². The van der Waals surface area contributed by atoms with Crippen LogP contribution >= 0.6 is 0 Å². The molecule has 1 aromatic rings. The Morgan fingerprint density at radius 3 is 2.91 bits per heavy atom. The molecule has 0 aromatic heterocycles. The molecule has 1 heteroatoms. The molecular formula is C10H10O. The van der Waals surface area contributed by atoms with Gasteiger partial charge < -0.3 is 4.74 Å². The second-order valence-electron chi connectivity index (χ2n) is 2.71. The molecule has 2 rings (SSSR count). The highest BCUT2D eigenvalue weighted by Gasteiger charge is 2.11. The van der Waals surface area contributed by atoms with Gasteiger partial charge in [0.2, 0.25) is 0 Å². The van der Waals surface area contributed by atoms with E-state index in [1.165, 1.54) is 11.1 Å². The van der Waals surface area contributed by atoms with Gasteiger partial charge in [0, 0.05) is 0 Å². The first-order valence-corrected chi connectivity index (χ1v) is 3.79. The van der Waals surface area contributed by atoms with E-state index in [0.717, 1.165) is 0 Å². The summed E-state index contributed by atoms with van der Waals surface area (Å²) in [5, 5.41) is 0. The van der Waals surface area contributed by atoms with Crippen LogP contribution < -0.4 is 0 Å². The predicted molar refractivity (Wildman–Crippen MR) is 45.0 cm³/mol. The first-order chi connectivity index (χ1) is 5.38. The van der Waals surface area contributed by atoms with Gasteiger partial charge in [-0.2, -0.15) is 0 Å². The van der Waals surface area contributed by atoms with E-state index in [1.54, 1.807) is 6.26 Å². The number of benzene rings is 1. The Bertz CT molecular complexity index is 289. The van der Waals surface area contributed by atoms with Gasteiger partial charge in [0.1, 0.15) is 6.10 Å². The third-order valence-electron chi connectivity index (χ3n) is 1.96. The van der Waals surface area contributed by atoms with Crippen molar-refractivity contribution in [1.29, 1.82) is 0 Å². The molecule has 1 nitrogen and oxygen atoms in total. The maximum Gasteiger partial charge on any atom is 0.121 e. The molecule has 0 radical (unpaired) electrons. The van der Waals surface area contributed by atoms with Crippen LogP contribution in [0.2, 0.25) is 0 Å². The molecule has 1 aliphatic rings. The second-order valence-corrected chi connectivity index (χ2v) is 2.71. The summed E-state index contributed by atoms with van der Waals surface area (Å²) in [5.74, 6) is 0. The number of hydrogen-bond acceptors (Lipinski definition) is 1. The Kier molecular flexibility index (Phi) is 1.42. The van der Waals surface area contributed by atoms with Crippen LogP contribution in [0.3, 0.4) is 0 Å². The zero-order valence-electron chi connectivity index (χ0n) is 6.45. The maximum absolute atomic E-state index is 5.32. The molecule has 0 aliphatic carbocycles. The van der Waals surface area contributed by atoms with Crippen LogP contribution in [0.15, 0.2) is 30.5 Å². The fraction of sp³-hybridized carbons (Fsp3) is 0.200. The SMILES string of the molecule is C[C@H]1OC=Cc2ccccc21.